The van der Waals surface area contributed by atoms with Crippen LogP contribution in [-0.2, 0) is 56.0 Å². The van der Waals surface area contributed by atoms with E-state index in [0.29, 0.717) is 36.3 Å². The van der Waals surface area contributed by atoms with Gasteiger partial charge in [-0.25, -0.2) is 0 Å². The van der Waals surface area contributed by atoms with E-state index >= 15 is 0 Å². The third kappa shape index (κ3) is 19.6. The molecule has 15 N–H and O–H groups in total. The third-order valence-electron chi connectivity index (χ3n) is 11.9. The van der Waals surface area contributed by atoms with E-state index in [1.54, 1.807) is 68.4 Å². The molecule has 0 aromatic heterocycles. The molecule has 394 valence electrons. The summed E-state index contributed by atoms with van der Waals surface area (Å²) in [6.45, 7) is 5.14. The quantitative estimate of drug-likeness (QED) is 0.0387. The average molecular weight is 1040 g/mol. The average Bonchev–Trinajstić information content (AvgIpc) is 3.32. The van der Waals surface area contributed by atoms with Gasteiger partial charge in [0.1, 0.15) is 42.0 Å². The van der Waals surface area contributed by atoms with E-state index in [1.807, 2.05) is 6.92 Å². The highest BCUT2D eigenvalue weighted by atomic mass is 33.1. The molecular formula is C48H70N12O10S2. The molecule has 4 rings (SSSR count). The maximum atomic E-state index is 14.6. The van der Waals surface area contributed by atoms with Crippen molar-refractivity contribution in [3.63, 3.8) is 0 Å². The first-order chi connectivity index (χ1) is 34.3. The SMILES string of the molecule is CCOc1ccc(CC2NC(=O)CC3(CCCCC3)SSCC(C(=O)N[C@@H](CCCN=C(N)N)C(=O)NCC(N)=O)NC(=O)[C@H](CC(N)=O)NC(=O)[C@H](C(C)C)NC(=O)C(Cc3ccccc3)NC2=O)cc1. The number of carbonyl (C=O) groups is 9. The Bertz CT molecular complexity index is 2230. The summed E-state index contributed by atoms with van der Waals surface area (Å²) in [6, 6.07) is 7.85. The zero-order chi connectivity index (χ0) is 52.8. The largest absolute Gasteiger partial charge is 0.494 e. The number of nitrogens with two attached hydrogens (primary N) is 4. The Hall–Kier alpha value is -6.56. The number of guanidine groups is 1. The fourth-order valence-corrected chi connectivity index (χ4v) is 11.5. The van der Waals surface area contributed by atoms with Gasteiger partial charge in [-0.3, -0.25) is 48.1 Å². The number of hydrogen-bond acceptors (Lipinski definition) is 13. The fourth-order valence-electron chi connectivity index (χ4n) is 8.17. The van der Waals surface area contributed by atoms with Crippen LogP contribution >= 0.6 is 21.6 Å². The van der Waals surface area contributed by atoms with Crippen LogP contribution in [0.4, 0.5) is 0 Å². The lowest BCUT2D eigenvalue weighted by atomic mass is 9.85. The standard InChI is InChI=1S/C48H70N12O10S2/c1-4-70-31-17-15-30(16-18-31)23-33-42(65)57-34(22-29-12-7-5-8-13-29)44(67)60-40(28(2)3)46(69)58-35(24-37(49)61)43(66)59-36(27-71-72-48(25-39(63)55-33)19-9-6-10-20-48)45(68)56-32(14-11-21-53-47(51)52)41(64)54-26-38(50)62/h5,7-8,12-13,15-18,28,32-36,40H,4,6,9-11,14,19-27H2,1-3H3,(H2,49,61)(H2,50,62)(H,54,64)(H,55,63)(H,56,68)(H,57,65)(H,58,69)(H,59,66)(H,60,67)(H4,51,52,53)/t32-,33?,34?,35-,36?,40-/m0/s1. The predicted octanol–water partition coefficient (Wildman–Crippen LogP) is -0.546. The number of carbonyl (C=O) groups excluding carboxylic acids is 9. The molecule has 22 nitrogen and oxygen atoms in total. The lowest BCUT2D eigenvalue weighted by molar-refractivity contribution is -0.136. The van der Waals surface area contributed by atoms with Gasteiger partial charge in [-0.2, -0.15) is 0 Å². The van der Waals surface area contributed by atoms with Crippen molar-refractivity contribution in [3.05, 3.63) is 65.7 Å². The molecule has 1 spiro atoms. The highest BCUT2D eigenvalue weighted by Crippen LogP contribution is 2.48. The van der Waals surface area contributed by atoms with Gasteiger partial charge in [0, 0.05) is 36.3 Å². The van der Waals surface area contributed by atoms with Crippen molar-refractivity contribution in [1.82, 2.24) is 37.2 Å². The molecule has 24 heteroatoms. The molecule has 1 aliphatic heterocycles. The van der Waals surface area contributed by atoms with Crippen LogP contribution in [0.2, 0.25) is 0 Å². The Morgan fingerprint density at radius 3 is 1.99 bits per heavy atom. The molecule has 2 aliphatic rings. The summed E-state index contributed by atoms with van der Waals surface area (Å²) in [7, 11) is 2.54. The normalized spacial score (nSPS) is 21.8. The second-order valence-corrected chi connectivity index (χ2v) is 21.0. The second kappa shape index (κ2) is 29.1. The molecule has 72 heavy (non-hydrogen) atoms. The second-order valence-electron chi connectivity index (χ2n) is 18.2. The first-order valence-corrected chi connectivity index (χ1v) is 26.4. The van der Waals surface area contributed by atoms with E-state index in [-0.39, 0.29) is 50.4 Å². The van der Waals surface area contributed by atoms with Crippen LogP contribution in [0.15, 0.2) is 59.6 Å². The van der Waals surface area contributed by atoms with Crippen molar-refractivity contribution in [2.45, 2.75) is 132 Å². The number of rotatable bonds is 18. The molecule has 2 aromatic rings. The van der Waals surface area contributed by atoms with Crippen molar-refractivity contribution in [2.75, 3.05) is 25.4 Å². The number of nitrogens with one attached hydrogen (secondary N) is 7. The highest BCUT2D eigenvalue weighted by Gasteiger charge is 2.39. The van der Waals surface area contributed by atoms with E-state index in [2.05, 4.69) is 42.2 Å². The molecule has 0 bridgehead atoms. The lowest BCUT2D eigenvalue weighted by Gasteiger charge is -2.36. The van der Waals surface area contributed by atoms with Gasteiger partial charge in [-0.15, -0.1) is 0 Å². The van der Waals surface area contributed by atoms with Gasteiger partial charge in [0.25, 0.3) is 0 Å². The summed E-state index contributed by atoms with van der Waals surface area (Å²) in [5.74, 6) is -7.48. The lowest BCUT2D eigenvalue weighted by Crippen LogP contribution is -2.61. The van der Waals surface area contributed by atoms with E-state index in [0.717, 1.165) is 19.3 Å². The number of nitrogens with zero attached hydrogens (tertiary/aromatic N) is 1. The number of benzene rings is 2. The number of primary amides is 2. The Morgan fingerprint density at radius 1 is 0.764 bits per heavy atom. The molecular weight excluding hydrogens is 969 g/mol. The van der Waals surface area contributed by atoms with Crippen molar-refractivity contribution < 1.29 is 47.9 Å². The molecule has 9 amide bonds. The molecule has 1 saturated carbocycles. The van der Waals surface area contributed by atoms with Crippen LogP contribution in [0.1, 0.15) is 89.7 Å². The van der Waals surface area contributed by atoms with E-state index in [4.69, 9.17) is 27.7 Å². The van der Waals surface area contributed by atoms with Crippen LogP contribution in [0.3, 0.4) is 0 Å². The fraction of sp³-hybridized carbons (Fsp3) is 0.542. The maximum absolute atomic E-state index is 14.6. The number of ether oxygens (including phenoxy) is 1. The smallest absolute Gasteiger partial charge is 0.244 e. The first kappa shape index (κ1) is 58.0. The zero-order valence-electron chi connectivity index (χ0n) is 41.0. The first-order valence-electron chi connectivity index (χ1n) is 24.0. The monoisotopic (exact) mass is 1040 g/mol. The molecule has 2 aromatic carbocycles. The summed E-state index contributed by atoms with van der Waals surface area (Å²) in [5, 5.41) is 18.7. The summed E-state index contributed by atoms with van der Waals surface area (Å²) < 4.78 is 4.91. The number of amides is 9. The van der Waals surface area contributed by atoms with Gasteiger partial charge in [0.2, 0.25) is 53.2 Å². The minimum atomic E-state index is -1.66. The van der Waals surface area contributed by atoms with Crippen molar-refractivity contribution in [1.29, 1.82) is 0 Å². The Labute approximate surface area is 427 Å². The molecule has 1 aliphatic carbocycles. The van der Waals surface area contributed by atoms with Crippen molar-refractivity contribution in [2.24, 2.45) is 33.8 Å². The number of hydrogen-bond donors (Lipinski definition) is 11. The molecule has 1 saturated heterocycles. The maximum Gasteiger partial charge on any atom is 0.244 e. The molecule has 0 radical (unpaired) electrons. The molecule has 1 heterocycles. The van der Waals surface area contributed by atoms with Gasteiger partial charge >= 0.3 is 0 Å². The summed E-state index contributed by atoms with van der Waals surface area (Å²) in [4.78, 5) is 127. The minimum absolute atomic E-state index is 0.00830. The molecule has 6 atom stereocenters. The highest BCUT2D eigenvalue weighted by molar-refractivity contribution is 8.77. The summed E-state index contributed by atoms with van der Waals surface area (Å²) in [5.41, 5.74) is 23.2. The Morgan fingerprint density at radius 2 is 1.38 bits per heavy atom. The Balaban J connectivity index is 1.78. The Kier molecular flexibility index (Phi) is 23.4. The zero-order valence-corrected chi connectivity index (χ0v) is 42.6. The van der Waals surface area contributed by atoms with Crippen molar-refractivity contribution >= 4 is 80.7 Å². The summed E-state index contributed by atoms with van der Waals surface area (Å²) >= 11 is 0. The predicted molar refractivity (Wildman–Crippen MR) is 274 cm³/mol. The van der Waals surface area contributed by atoms with Gasteiger partial charge < -0.3 is 64.9 Å². The molecule has 2 fully saturated rings. The van der Waals surface area contributed by atoms with Crippen LogP contribution in [0, 0.1) is 5.92 Å². The minimum Gasteiger partial charge on any atom is -0.494 e. The topological polar surface area (TPSA) is 364 Å². The van der Waals surface area contributed by atoms with E-state index in [9.17, 15) is 43.2 Å². The number of aliphatic imine (C=N–C) groups is 1. The van der Waals surface area contributed by atoms with Crippen molar-refractivity contribution in [3.8, 4) is 5.75 Å². The van der Waals surface area contributed by atoms with Crippen LogP contribution < -0.4 is 64.9 Å². The summed E-state index contributed by atoms with van der Waals surface area (Å²) in [6.07, 6.45) is 3.14. The van der Waals surface area contributed by atoms with Crippen LogP contribution in [-0.4, -0.2) is 126 Å². The van der Waals surface area contributed by atoms with E-state index in [1.165, 1.54) is 21.6 Å². The van der Waals surface area contributed by atoms with Gasteiger partial charge in [-0.1, -0.05) is 97.2 Å². The van der Waals surface area contributed by atoms with Crippen LogP contribution in [0.5, 0.6) is 5.75 Å². The molecule has 3 unspecified atom stereocenters. The van der Waals surface area contributed by atoms with Crippen LogP contribution in [0.25, 0.3) is 0 Å². The van der Waals surface area contributed by atoms with Gasteiger partial charge in [-0.05, 0) is 61.8 Å². The van der Waals surface area contributed by atoms with Gasteiger partial charge in [0.05, 0.1) is 19.6 Å². The van der Waals surface area contributed by atoms with E-state index < -0.39 is 113 Å². The van der Waals surface area contributed by atoms with Gasteiger partial charge in [0.15, 0.2) is 5.96 Å². The third-order valence-corrected chi connectivity index (χ3v) is 15.2.